The largest absolute Gasteiger partial charge is 0.480 e. The molecule has 110 valence electrons. The Balaban J connectivity index is 2.61. The van der Waals surface area contributed by atoms with Gasteiger partial charge in [-0.1, -0.05) is 0 Å². The summed E-state index contributed by atoms with van der Waals surface area (Å²) < 4.78 is 9.90. The number of carboxylic acid groups (broad SMARTS) is 1. The molecule has 0 unspecified atom stereocenters. The number of carbonyl (C=O) groups is 2. The van der Waals surface area contributed by atoms with Crippen LogP contribution in [0, 0.1) is 0 Å². The van der Waals surface area contributed by atoms with Crippen molar-refractivity contribution in [3.05, 3.63) is 0 Å². The summed E-state index contributed by atoms with van der Waals surface area (Å²) in [6, 6.07) is -0.0273. The predicted octanol–water partition coefficient (Wildman–Crippen LogP) is 0.250. The van der Waals surface area contributed by atoms with Crippen molar-refractivity contribution in [1.82, 2.24) is 9.80 Å². The van der Waals surface area contributed by atoms with Gasteiger partial charge in [-0.2, -0.15) is 0 Å². The third-order valence-electron chi connectivity index (χ3n) is 2.93. The lowest BCUT2D eigenvalue weighted by Gasteiger charge is -2.29. The lowest BCUT2D eigenvalue weighted by molar-refractivity contribution is -0.137. The Hall–Kier alpha value is -1.34. The third-order valence-corrected chi connectivity index (χ3v) is 2.93. The number of hydrogen-bond acceptors (Lipinski definition) is 4. The van der Waals surface area contributed by atoms with Gasteiger partial charge >= 0.3 is 12.0 Å². The van der Waals surface area contributed by atoms with Crippen LogP contribution in [-0.4, -0.2) is 80.0 Å². The SMILES string of the molecule is COCCN(CC(=O)O)C(=O)N(CCOC)C1CC1. The van der Waals surface area contributed by atoms with E-state index in [9.17, 15) is 9.59 Å². The molecular formula is C12H22N2O5. The van der Waals surface area contributed by atoms with Crippen LogP contribution in [0.4, 0.5) is 4.79 Å². The Morgan fingerprint density at radius 1 is 1.16 bits per heavy atom. The monoisotopic (exact) mass is 274 g/mol. The van der Waals surface area contributed by atoms with Crippen LogP contribution in [0.15, 0.2) is 0 Å². The summed E-state index contributed by atoms with van der Waals surface area (Å²) in [5.41, 5.74) is 0. The molecule has 7 nitrogen and oxygen atoms in total. The minimum absolute atomic E-state index is 0.224. The highest BCUT2D eigenvalue weighted by Gasteiger charge is 2.34. The summed E-state index contributed by atoms with van der Waals surface area (Å²) in [6.45, 7) is 1.23. The Labute approximate surface area is 113 Å². The normalized spacial score (nSPS) is 14.2. The van der Waals surface area contributed by atoms with E-state index < -0.39 is 5.97 Å². The van der Waals surface area contributed by atoms with E-state index in [-0.39, 0.29) is 25.2 Å². The fraction of sp³-hybridized carbons (Fsp3) is 0.833. The average Bonchev–Trinajstić information content (AvgIpc) is 3.18. The Morgan fingerprint density at radius 3 is 2.21 bits per heavy atom. The van der Waals surface area contributed by atoms with Crippen molar-refractivity contribution in [2.45, 2.75) is 18.9 Å². The van der Waals surface area contributed by atoms with Gasteiger partial charge in [-0.3, -0.25) is 4.79 Å². The van der Waals surface area contributed by atoms with Gasteiger partial charge in [0.15, 0.2) is 0 Å². The van der Waals surface area contributed by atoms with E-state index in [4.69, 9.17) is 14.6 Å². The van der Waals surface area contributed by atoms with Crippen LogP contribution in [0.25, 0.3) is 0 Å². The first kappa shape index (κ1) is 15.7. The second kappa shape index (κ2) is 7.96. The van der Waals surface area contributed by atoms with E-state index in [1.807, 2.05) is 0 Å². The van der Waals surface area contributed by atoms with E-state index in [1.54, 1.807) is 12.0 Å². The first-order valence-electron chi connectivity index (χ1n) is 6.35. The van der Waals surface area contributed by atoms with Gasteiger partial charge in [0, 0.05) is 33.4 Å². The summed E-state index contributed by atoms with van der Waals surface area (Å²) >= 11 is 0. The van der Waals surface area contributed by atoms with Crippen LogP contribution < -0.4 is 0 Å². The molecule has 0 aliphatic heterocycles. The molecule has 1 aliphatic rings. The fourth-order valence-electron chi connectivity index (χ4n) is 1.80. The Kier molecular flexibility index (Phi) is 6.58. The van der Waals surface area contributed by atoms with Gasteiger partial charge in [0.2, 0.25) is 0 Å². The minimum atomic E-state index is -1.02. The van der Waals surface area contributed by atoms with Crippen molar-refractivity contribution in [2.24, 2.45) is 0 Å². The van der Waals surface area contributed by atoms with E-state index in [0.29, 0.717) is 19.8 Å². The van der Waals surface area contributed by atoms with E-state index in [1.165, 1.54) is 12.0 Å². The maximum atomic E-state index is 12.3. The van der Waals surface area contributed by atoms with Gasteiger partial charge in [-0.15, -0.1) is 0 Å². The maximum Gasteiger partial charge on any atom is 0.323 e. The number of urea groups is 1. The highest BCUT2D eigenvalue weighted by atomic mass is 16.5. The highest BCUT2D eigenvalue weighted by molar-refractivity contribution is 5.80. The van der Waals surface area contributed by atoms with Gasteiger partial charge in [-0.05, 0) is 12.8 Å². The zero-order valence-electron chi connectivity index (χ0n) is 11.5. The molecule has 0 spiro atoms. The van der Waals surface area contributed by atoms with Gasteiger partial charge in [0.25, 0.3) is 0 Å². The quantitative estimate of drug-likeness (QED) is 0.652. The minimum Gasteiger partial charge on any atom is -0.480 e. The second-order valence-electron chi connectivity index (χ2n) is 4.51. The smallest absolute Gasteiger partial charge is 0.323 e. The van der Waals surface area contributed by atoms with Crippen molar-refractivity contribution in [3.8, 4) is 0 Å². The summed E-state index contributed by atoms with van der Waals surface area (Å²) in [6.07, 6.45) is 1.95. The molecule has 1 fully saturated rings. The molecule has 0 saturated heterocycles. The summed E-state index contributed by atoms with van der Waals surface area (Å²) in [5.74, 6) is -1.02. The van der Waals surface area contributed by atoms with Crippen LogP contribution in [0.5, 0.6) is 0 Å². The van der Waals surface area contributed by atoms with E-state index in [2.05, 4.69) is 0 Å². The molecule has 0 bridgehead atoms. The van der Waals surface area contributed by atoms with Crippen LogP contribution >= 0.6 is 0 Å². The molecule has 0 aromatic rings. The second-order valence-corrected chi connectivity index (χ2v) is 4.51. The van der Waals surface area contributed by atoms with Crippen molar-refractivity contribution in [2.75, 3.05) is 47.1 Å². The number of methoxy groups -OCH3 is 2. The van der Waals surface area contributed by atoms with E-state index in [0.717, 1.165) is 12.8 Å². The molecule has 7 heteroatoms. The Morgan fingerprint density at radius 2 is 1.74 bits per heavy atom. The zero-order chi connectivity index (χ0) is 14.3. The summed E-state index contributed by atoms with van der Waals surface area (Å²) in [4.78, 5) is 26.2. The van der Waals surface area contributed by atoms with Gasteiger partial charge < -0.3 is 24.4 Å². The molecule has 0 heterocycles. The Bertz CT molecular complexity index is 306. The molecule has 0 aromatic carbocycles. The fourth-order valence-corrected chi connectivity index (χ4v) is 1.80. The maximum absolute atomic E-state index is 12.3. The lowest BCUT2D eigenvalue weighted by Crippen LogP contribution is -2.48. The number of carboxylic acids is 1. The number of nitrogens with zero attached hydrogens (tertiary/aromatic N) is 2. The first-order chi connectivity index (χ1) is 9.10. The molecule has 1 rings (SSSR count). The van der Waals surface area contributed by atoms with Crippen molar-refractivity contribution < 1.29 is 24.2 Å². The van der Waals surface area contributed by atoms with Crippen molar-refractivity contribution in [3.63, 3.8) is 0 Å². The standard InChI is InChI=1S/C12H22N2O5/c1-18-7-5-13(9-11(15)16)12(17)14(6-8-19-2)10-3-4-10/h10H,3-9H2,1-2H3,(H,15,16). The average molecular weight is 274 g/mol. The van der Waals surface area contributed by atoms with Crippen LogP contribution in [0.3, 0.4) is 0 Å². The number of carbonyl (C=O) groups excluding carboxylic acids is 1. The molecule has 0 aromatic heterocycles. The number of ether oxygens (including phenoxy) is 2. The molecule has 0 atom stereocenters. The molecule has 0 radical (unpaired) electrons. The van der Waals surface area contributed by atoms with Gasteiger partial charge in [-0.25, -0.2) is 4.79 Å². The molecular weight excluding hydrogens is 252 g/mol. The van der Waals surface area contributed by atoms with Crippen LogP contribution in [-0.2, 0) is 14.3 Å². The number of amides is 2. The summed E-state index contributed by atoms with van der Waals surface area (Å²) in [5, 5.41) is 8.87. The molecule has 19 heavy (non-hydrogen) atoms. The zero-order valence-corrected chi connectivity index (χ0v) is 11.5. The van der Waals surface area contributed by atoms with Crippen molar-refractivity contribution >= 4 is 12.0 Å². The lowest BCUT2D eigenvalue weighted by atomic mass is 10.4. The topological polar surface area (TPSA) is 79.3 Å². The molecule has 1 N–H and O–H groups in total. The molecule has 1 aliphatic carbocycles. The van der Waals surface area contributed by atoms with E-state index >= 15 is 0 Å². The molecule has 1 saturated carbocycles. The first-order valence-corrected chi connectivity index (χ1v) is 6.35. The van der Waals surface area contributed by atoms with Crippen LogP contribution in [0.2, 0.25) is 0 Å². The number of aliphatic carboxylic acids is 1. The van der Waals surface area contributed by atoms with Gasteiger partial charge in [0.1, 0.15) is 6.54 Å². The molecule has 2 amide bonds. The highest BCUT2D eigenvalue weighted by Crippen LogP contribution is 2.27. The number of hydrogen-bond donors (Lipinski definition) is 1. The van der Waals surface area contributed by atoms with Crippen molar-refractivity contribution in [1.29, 1.82) is 0 Å². The summed E-state index contributed by atoms with van der Waals surface area (Å²) in [7, 11) is 3.10. The number of rotatable bonds is 9. The third kappa shape index (κ3) is 5.44. The predicted molar refractivity (Wildman–Crippen MR) is 68.1 cm³/mol. The van der Waals surface area contributed by atoms with Gasteiger partial charge in [0.05, 0.1) is 13.2 Å². The van der Waals surface area contributed by atoms with Crippen LogP contribution in [0.1, 0.15) is 12.8 Å².